The maximum atomic E-state index is 14.6. The summed E-state index contributed by atoms with van der Waals surface area (Å²) in [6.07, 6.45) is 6.83. The van der Waals surface area contributed by atoms with Crippen LogP contribution in [0.3, 0.4) is 0 Å². The maximum Gasteiger partial charge on any atom is 0.288 e. The number of rotatable bonds is 3. The second-order valence-corrected chi connectivity index (χ2v) is 9.60. The van der Waals surface area contributed by atoms with Crippen LogP contribution < -0.4 is 10.2 Å². The molecule has 2 N–H and O–H groups in total. The van der Waals surface area contributed by atoms with Gasteiger partial charge in [0.25, 0.3) is 5.84 Å². The molecular weight excluding hydrogens is 463 g/mol. The Labute approximate surface area is 207 Å². The van der Waals surface area contributed by atoms with Crippen molar-refractivity contribution in [1.29, 1.82) is 5.26 Å². The molecule has 1 aromatic carbocycles. The van der Waals surface area contributed by atoms with Crippen LogP contribution in [-0.2, 0) is 11.2 Å². The van der Waals surface area contributed by atoms with Crippen molar-refractivity contribution in [3.63, 3.8) is 0 Å². The maximum absolute atomic E-state index is 14.6. The summed E-state index contributed by atoms with van der Waals surface area (Å²) in [5, 5.41) is 35.2. The lowest BCUT2D eigenvalue weighted by atomic mass is 9.98. The molecule has 1 spiro atoms. The molecule has 5 heterocycles. The van der Waals surface area contributed by atoms with Gasteiger partial charge in [0.2, 0.25) is 5.82 Å². The van der Waals surface area contributed by atoms with E-state index < -0.39 is 11.9 Å². The zero-order valence-corrected chi connectivity index (χ0v) is 19.5. The fourth-order valence-electron chi connectivity index (χ4n) is 5.44. The fraction of sp³-hybridized carbons (Fsp3) is 0.346. The zero-order valence-electron chi connectivity index (χ0n) is 19.5. The number of hydrogen-bond donors (Lipinski definition) is 2. The topological polar surface area (TPSA) is 112 Å². The van der Waals surface area contributed by atoms with E-state index in [9.17, 15) is 20.0 Å². The molecule has 0 radical (unpaired) electrons. The van der Waals surface area contributed by atoms with Gasteiger partial charge in [-0.3, -0.25) is 4.74 Å². The van der Waals surface area contributed by atoms with Gasteiger partial charge in [0.1, 0.15) is 11.9 Å². The standard InChI is InChI=1S/C26H25FN6O3/c27-22-3-1-2-17(11-28)24(22)32-13-18-6-8-33(35)25(21(18)14-32)30-23-5-4-19(12-29-23)31-9-7-26(16-31)10-20(34)15-36-26/h1-5,12-14,20,34H,6-10,15-16H2,(H,29,30)/t20-,26-/m1/s1. The predicted octanol–water partition coefficient (Wildman–Crippen LogP) is 2.54. The third kappa shape index (κ3) is 3.86. The molecule has 36 heavy (non-hydrogen) atoms. The van der Waals surface area contributed by atoms with E-state index >= 15 is 0 Å². The van der Waals surface area contributed by atoms with Gasteiger partial charge in [0.15, 0.2) is 0 Å². The van der Waals surface area contributed by atoms with E-state index in [0.29, 0.717) is 43.2 Å². The first-order valence-electron chi connectivity index (χ1n) is 12.0. The minimum atomic E-state index is -0.506. The van der Waals surface area contributed by atoms with E-state index in [4.69, 9.17) is 4.74 Å². The Kier molecular flexibility index (Phi) is 5.39. The van der Waals surface area contributed by atoms with Crippen molar-refractivity contribution in [2.24, 2.45) is 0 Å². The summed E-state index contributed by atoms with van der Waals surface area (Å²) in [5.74, 6) is 0.340. The minimum absolute atomic E-state index is 0.163. The van der Waals surface area contributed by atoms with Crippen molar-refractivity contribution in [3.05, 3.63) is 76.6 Å². The number of nitriles is 1. The SMILES string of the molecule is N#Cc1cccc(F)c1-n1cc2c(c1)C(Nc1ccc(N3CC[C@@]4(C[C@@H](O)CO4)C3)cn1)=[N+]([O-])CC2. The quantitative estimate of drug-likeness (QED) is 0.430. The van der Waals surface area contributed by atoms with Gasteiger partial charge in [-0.1, -0.05) is 6.07 Å². The molecular formula is C26H25FN6O3. The van der Waals surface area contributed by atoms with Crippen LogP contribution in [0.1, 0.15) is 29.5 Å². The number of amidine groups is 1. The van der Waals surface area contributed by atoms with Crippen molar-refractivity contribution in [1.82, 2.24) is 9.55 Å². The predicted molar refractivity (Wildman–Crippen MR) is 131 cm³/mol. The molecule has 0 aliphatic carbocycles. The molecule has 6 rings (SSSR count). The summed E-state index contributed by atoms with van der Waals surface area (Å²) in [7, 11) is 0. The van der Waals surface area contributed by atoms with Crippen molar-refractivity contribution in [2.45, 2.75) is 31.0 Å². The number of pyridine rings is 1. The summed E-state index contributed by atoms with van der Waals surface area (Å²) >= 11 is 0. The van der Waals surface area contributed by atoms with E-state index in [-0.39, 0.29) is 23.4 Å². The zero-order chi connectivity index (χ0) is 24.9. The van der Waals surface area contributed by atoms with Crippen LogP contribution >= 0.6 is 0 Å². The van der Waals surface area contributed by atoms with E-state index in [0.717, 1.165) is 29.0 Å². The summed E-state index contributed by atoms with van der Waals surface area (Å²) < 4.78 is 22.9. The van der Waals surface area contributed by atoms with Gasteiger partial charge in [-0.2, -0.15) is 5.26 Å². The van der Waals surface area contributed by atoms with Gasteiger partial charge < -0.3 is 24.5 Å². The smallest absolute Gasteiger partial charge is 0.288 e. The number of hydroxylamine groups is 1. The fourth-order valence-corrected chi connectivity index (χ4v) is 5.44. The number of nitrogens with one attached hydrogen (secondary N) is 1. The van der Waals surface area contributed by atoms with Gasteiger partial charge in [-0.05, 0) is 30.2 Å². The lowest BCUT2D eigenvalue weighted by Gasteiger charge is -2.24. The number of aliphatic hydroxyl groups excluding tert-OH is 1. The number of benzene rings is 1. The number of anilines is 2. The number of para-hydroxylation sites is 1. The molecule has 10 heteroatoms. The Morgan fingerprint density at radius 1 is 1.31 bits per heavy atom. The second-order valence-electron chi connectivity index (χ2n) is 9.60. The molecule has 3 aromatic rings. The highest BCUT2D eigenvalue weighted by atomic mass is 19.1. The van der Waals surface area contributed by atoms with Crippen molar-refractivity contribution >= 4 is 17.3 Å². The van der Waals surface area contributed by atoms with Gasteiger partial charge in [-0.15, -0.1) is 0 Å². The summed E-state index contributed by atoms with van der Waals surface area (Å²) in [4.78, 5) is 6.72. The summed E-state index contributed by atoms with van der Waals surface area (Å²) in [6.45, 7) is 2.17. The average molecular weight is 489 g/mol. The molecule has 184 valence electrons. The minimum Gasteiger partial charge on any atom is -0.715 e. The Balaban J connectivity index is 1.23. The van der Waals surface area contributed by atoms with Crippen LogP contribution in [0.15, 0.2) is 48.9 Å². The van der Waals surface area contributed by atoms with Gasteiger partial charge >= 0.3 is 0 Å². The summed E-state index contributed by atoms with van der Waals surface area (Å²) in [5.41, 5.74) is 2.57. The largest absolute Gasteiger partial charge is 0.715 e. The Hall–Kier alpha value is -3.94. The number of fused-ring (bicyclic) bond motifs is 1. The molecule has 3 aliphatic heterocycles. The first-order chi connectivity index (χ1) is 17.4. The van der Waals surface area contributed by atoms with Gasteiger partial charge in [0, 0.05) is 44.4 Å². The van der Waals surface area contributed by atoms with Crippen LogP contribution in [0.2, 0.25) is 0 Å². The lowest BCUT2D eigenvalue weighted by molar-refractivity contribution is -0.458. The highest BCUT2D eigenvalue weighted by Crippen LogP contribution is 2.37. The Morgan fingerprint density at radius 2 is 2.19 bits per heavy atom. The second kappa shape index (κ2) is 8.62. The molecule has 2 aromatic heterocycles. The van der Waals surface area contributed by atoms with Crippen LogP contribution in [0.4, 0.5) is 15.9 Å². The third-order valence-electron chi connectivity index (χ3n) is 7.23. The number of nitrogens with zero attached hydrogens (tertiary/aromatic N) is 5. The molecule has 0 unspecified atom stereocenters. The van der Waals surface area contributed by atoms with Crippen molar-refractivity contribution in [2.75, 3.05) is 36.5 Å². The highest BCUT2D eigenvalue weighted by molar-refractivity contribution is 6.06. The first-order valence-corrected chi connectivity index (χ1v) is 12.0. The van der Waals surface area contributed by atoms with Crippen LogP contribution in [0, 0.1) is 22.4 Å². The summed E-state index contributed by atoms with van der Waals surface area (Å²) in [6, 6.07) is 10.2. The van der Waals surface area contributed by atoms with E-state index in [2.05, 4.69) is 15.2 Å². The van der Waals surface area contributed by atoms with Crippen molar-refractivity contribution < 1.29 is 19.0 Å². The number of hydrogen-bond acceptors (Lipinski definition) is 7. The molecule has 2 atom stereocenters. The highest BCUT2D eigenvalue weighted by Gasteiger charge is 2.45. The molecule has 3 aliphatic rings. The van der Waals surface area contributed by atoms with Crippen molar-refractivity contribution in [3.8, 4) is 11.8 Å². The number of ether oxygens (including phenoxy) is 1. The molecule has 2 fully saturated rings. The van der Waals surface area contributed by atoms with E-state index in [1.807, 2.05) is 18.2 Å². The first kappa shape index (κ1) is 22.5. The molecule has 9 nitrogen and oxygen atoms in total. The van der Waals surface area contributed by atoms with Crippen LogP contribution in [0.25, 0.3) is 5.69 Å². The van der Waals surface area contributed by atoms with Gasteiger partial charge in [0.05, 0.1) is 53.6 Å². The normalized spacial score (nSPS) is 23.2. The molecule has 0 saturated carbocycles. The lowest BCUT2D eigenvalue weighted by Crippen LogP contribution is -2.33. The number of aliphatic hydroxyl groups is 1. The Bertz CT molecular complexity index is 1400. The van der Waals surface area contributed by atoms with Gasteiger partial charge in [-0.25, -0.2) is 14.7 Å². The third-order valence-corrected chi connectivity index (χ3v) is 7.23. The number of halogens is 1. The molecule has 2 saturated heterocycles. The molecule has 0 amide bonds. The molecule has 0 bridgehead atoms. The van der Waals surface area contributed by atoms with Crippen LogP contribution in [-0.4, -0.2) is 63.2 Å². The average Bonchev–Trinajstić information content (AvgIpc) is 3.59. The van der Waals surface area contributed by atoms with E-state index in [1.165, 1.54) is 12.1 Å². The monoisotopic (exact) mass is 488 g/mol. The Morgan fingerprint density at radius 3 is 2.94 bits per heavy atom. The van der Waals surface area contributed by atoms with E-state index in [1.54, 1.807) is 29.2 Å². The van der Waals surface area contributed by atoms with Crippen LogP contribution in [0.5, 0.6) is 0 Å². The number of aromatic nitrogens is 2.